The maximum Gasteiger partial charge on any atom is 0.404 e. The molecule has 0 spiro atoms. The van der Waals surface area contributed by atoms with Crippen molar-refractivity contribution in [2.24, 2.45) is 11.1 Å². The predicted molar refractivity (Wildman–Crippen MR) is 129 cm³/mol. The van der Waals surface area contributed by atoms with E-state index in [1.807, 2.05) is 4.90 Å². The SMILES string of the molecule is COC[C@H]1c2cnn(S(C)(=O)=O)c2CN1[C@H]1CO[C@@](c2cc(F)ccc2F)(C(C)(C)C)[C@@H](OC(N)=O)C1. The first-order valence-corrected chi connectivity index (χ1v) is 13.6. The number of hydrogen-bond acceptors (Lipinski definition) is 8. The van der Waals surface area contributed by atoms with Gasteiger partial charge in [0, 0.05) is 37.2 Å². The Labute approximate surface area is 214 Å². The van der Waals surface area contributed by atoms with E-state index in [2.05, 4.69) is 5.10 Å². The summed E-state index contributed by atoms with van der Waals surface area (Å²) in [6.45, 7) is 5.87. The van der Waals surface area contributed by atoms with Gasteiger partial charge in [0.25, 0.3) is 10.0 Å². The van der Waals surface area contributed by atoms with E-state index in [0.29, 0.717) is 11.3 Å². The smallest absolute Gasteiger partial charge is 0.404 e. The number of nitrogens with zero attached hydrogens (tertiary/aromatic N) is 3. The van der Waals surface area contributed by atoms with Crippen LogP contribution < -0.4 is 5.73 Å². The largest absolute Gasteiger partial charge is 0.443 e. The third-order valence-corrected chi connectivity index (χ3v) is 8.15. The number of aromatic nitrogens is 2. The fourth-order valence-corrected chi connectivity index (χ4v) is 6.50. The summed E-state index contributed by atoms with van der Waals surface area (Å²) in [5.41, 5.74) is 4.14. The van der Waals surface area contributed by atoms with Gasteiger partial charge in [0.05, 0.1) is 37.4 Å². The number of benzene rings is 1. The van der Waals surface area contributed by atoms with Crippen molar-refractivity contribution in [3.8, 4) is 0 Å². The minimum atomic E-state index is -3.64. The summed E-state index contributed by atoms with van der Waals surface area (Å²) in [6, 6.07) is 2.31. The van der Waals surface area contributed by atoms with Gasteiger partial charge in [-0.25, -0.2) is 22.0 Å². The summed E-state index contributed by atoms with van der Waals surface area (Å²) >= 11 is 0. The second kappa shape index (κ2) is 9.61. The monoisotopic (exact) mass is 542 g/mol. The Hall–Kier alpha value is -2.61. The summed E-state index contributed by atoms with van der Waals surface area (Å²) in [7, 11) is -2.11. The Kier molecular flexibility index (Phi) is 7.12. The normalized spacial score (nSPS) is 26.7. The third-order valence-electron chi connectivity index (χ3n) is 7.21. The molecular formula is C24H32F2N4O6S. The molecule has 13 heteroatoms. The molecule has 0 radical (unpaired) electrons. The van der Waals surface area contributed by atoms with Crippen molar-refractivity contribution in [2.45, 2.75) is 57.5 Å². The molecule has 2 N–H and O–H groups in total. The number of primary amides is 1. The van der Waals surface area contributed by atoms with Crippen molar-refractivity contribution < 1.29 is 36.2 Å². The van der Waals surface area contributed by atoms with Crippen molar-refractivity contribution in [1.29, 1.82) is 0 Å². The number of fused-ring (bicyclic) bond motifs is 1. The molecule has 0 unspecified atom stereocenters. The van der Waals surface area contributed by atoms with Crippen LogP contribution >= 0.6 is 0 Å². The van der Waals surface area contributed by atoms with Crippen LogP contribution in [0.15, 0.2) is 24.4 Å². The molecular weight excluding hydrogens is 510 g/mol. The minimum Gasteiger partial charge on any atom is -0.443 e. The second-order valence-electron chi connectivity index (χ2n) is 10.5. The van der Waals surface area contributed by atoms with Crippen molar-refractivity contribution in [3.63, 3.8) is 0 Å². The van der Waals surface area contributed by atoms with E-state index >= 15 is 4.39 Å². The van der Waals surface area contributed by atoms with Gasteiger partial charge in [-0.1, -0.05) is 20.8 Å². The summed E-state index contributed by atoms with van der Waals surface area (Å²) in [5.74, 6) is -1.36. The Morgan fingerprint density at radius 1 is 1.32 bits per heavy atom. The zero-order valence-electron chi connectivity index (χ0n) is 21.4. The van der Waals surface area contributed by atoms with Crippen molar-refractivity contribution in [2.75, 3.05) is 26.6 Å². The minimum absolute atomic E-state index is 0.0582. The summed E-state index contributed by atoms with van der Waals surface area (Å²) in [4.78, 5) is 14.0. The number of carbonyl (C=O) groups is 1. The molecule has 1 amide bonds. The van der Waals surface area contributed by atoms with Gasteiger partial charge in [-0.15, -0.1) is 0 Å². The Morgan fingerprint density at radius 3 is 2.62 bits per heavy atom. The van der Waals surface area contributed by atoms with Gasteiger partial charge in [0.2, 0.25) is 0 Å². The van der Waals surface area contributed by atoms with Crippen LogP contribution in [0.1, 0.15) is 50.1 Å². The predicted octanol–water partition coefficient (Wildman–Crippen LogP) is 2.67. The Bertz CT molecular complexity index is 1290. The zero-order chi connectivity index (χ0) is 27.3. The number of ether oxygens (including phenoxy) is 3. The number of nitrogens with two attached hydrogens (primary N) is 1. The summed E-state index contributed by atoms with van der Waals surface area (Å²) in [5, 5.41) is 4.04. The van der Waals surface area contributed by atoms with E-state index in [1.54, 1.807) is 20.8 Å². The van der Waals surface area contributed by atoms with Crippen molar-refractivity contribution in [3.05, 3.63) is 52.9 Å². The van der Waals surface area contributed by atoms with E-state index in [1.165, 1.54) is 13.3 Å². The Morgan fingerprint density at radius 2 is 2.03 bits per heavy atom. The molecule has 2 aromatic rings. The molecule has 2 aliphatic heterocycles. The van der Waals surface area contributed by atoms with Crippen molar-refractivity contribution in [1.82, 2.24) is 14.1 Å². The fourth-order valence-electron chi connectivity index (χ4n) is 5.71. The van der Waals surface area contributed by atoms with E-state index in [0.717, 1.165) is 28.5 Å². The van der Waals surface area contributed by atoms with Gasteiger partial charge < -0.3 is 19.9 Å². The van der Waals surface area contributed by atoms with Crippen molar-refractivity contribution >= 4 is 16.1 Å². The quantitative estimate of drug-likeness (QED) is 0.591. The summed E-state index contributed by atoms with van der Waals surface area (Å²) < 4.78 is 72.5. The van der Waals surface area contributed by atoms with E-state index < -0.39 is 50.9 Å². The molecule has 10 nitrogen and oxygen atoms in total. The molecule has 204 valence electrons. The number of carbonyl (C=O) groups excluding carboxylic acids is 1. The molecule has 37 heavy (non-hydrogen) atoms. The van der Waals surface area contributed by atoms with Crippen LogP contribution in [0, 0.1) is 17.0 Å². The maximum absolute atomic E-state index is 15.2. The van der Waals surface area contributed by atoms with Gasteiger partial charge >= 0.3 is 6.09 Å². The zero-order valence-corrected chi connectivity index (χ0v) is 22.2. The standard InChI is InChI=1S/C24H32F2N4O6S/c1-23(2,3)24(17-8-14(25)6-7-18(17)26)21(36-22(27)31)9-15(12-35-24)29-11-19-16(20(29)13-34-4)10-28-30(19)37(5,32)33/h6-8,10,15,20-21H,9,11-13H2,1-5H3,(H2,27,31)/t15-,20+,21+,24-/m1/s1. The van der Waals surface area contributed by atoms with Crippen LogP contribution in [0.25, 0.3) is 0 Å². The topological polar surface area (TPSA) is 126 Å². The van der Waals surface area contributed by atoms with Gasteiger partial charge in [0.1, 0.15) is 23.3 Å². The Balaban J connectivity index is 1.76. The van der Waals surface area contributed by atoms with E-state index in [4.69, 9.17) is 19.9 Å². The third kappa shape index (κ3) is 4.73. The molecule has 1 aromatic heterocycles. The number of hydrogen-bond donors (Lipinski definition) is 1. The first kappa shape index (κ1) is 27.4. The number of methoxy groups -OCH3 is 1. The fraction of sp³-hybridized carbons (Fsp3) is 0.583. The molecule has 4 rings (SSSR count). The molecule has 3 heterocycles. The maximum atomic E-state index is 15.2. The highest BCUT2D eigenvalue weighted by molar-refractivity contribution is 7.89. The molecule has 0 saturated carbocycles. The molecule has 1 aromatic carbocycles. The van der Waals surface area contributed by atoms with Crippen LogP contribution in [-0.4, -0.2) is 67.3 Å². The van der Waals surface area contributed by atoms with Crippen LogP contribution in [-0.2, 0) is 36.4 Å². The van der Waals surface area contributed by atoms with E-state index in [-0.39, 0.29) is 37.8 Å². The highest BCUT2D eigenvalue weighted by atomic mass is 32.2. The van der Waals surface area contributed by atoms with Crippen LogP contribution in [0.5, 0.6) is 0 Å². The van der Waals surface area contributed by atoms with Gasteiger partial charge in [-0.05, 0) is 23.6 Å². The molecule has 1 fully saturated rings. The molecule has 2 aliphatic rings. The van der Waals surface area contributed by atoms with Gasteiger partial charge in [0.15, 0.2) is 0 Å². The lowest BCUT2D eigenvalue weighted by atomic mass is 9.66. The first-order valence-electron chi connectivity index (χ1n) is 11.8. The number of amides is 1. The highest BCUT2D eigenvalue weighted by Gasteiger charge is 2.58. The highest BCUT2D eigenvalue weighted by Crippen LogP contribution is 2.52. The number of halogens is 2. The van der Waals surface area contributed by atoms with Gasteiger partial charge in [-0.2, -0.15) is 9.19 Å². The van der Waals surface area contributed by atoms with Crippen LogP contribution in [0.4, 0.5) is 13.6 Å². The van der Waals surface area contributed by atoms with Crippen LogP contribution in [0.2, 0.25) is 0 Å². The first-order chi connectivity index (χ1) is 17.2. The lowest BCUT2D eigenvalue weighted by Gasteiger charge is -2.54. The number of rotatable bonds is 6. The molecule has 1 saturated heterocycles. The second-order valence-corrected chi connectivity index (χ2v) is 12.3. The molecule has 0 aliphatic carbocycles. The average molecular weight is 543 g/mol. The molecule has 0 bridgehead atoms. The van der Waals surface area contributed by atoms with Gasteiger partial charge in [-0.3, -0.25) is 4.90 Å². The van der Waals surface area contributed by atoms with E-state index in [9.17, 15) is 17.6 Å². The average Bonchev–Trinajstić information content (AvgIpc) is 3.34. The summed E-state index contributed by atoms with van der Waals surface area (Å²) in [6.07, 6.45) is 0.569. The lowest BCUT2D eigenvalue weighted by Crippen LogP contribution is -2.61. The molecule has 4 atom stereocenters. The lowest BCUT2D eigenvalue weighted by molar-refractivity contribution is -0.233. The van der Waals surface area contributed by atoms with Crippen LogP contribution in [0.3, 0.4) is 0 Å².